The van der Waals surface area contributed by atoms with Crippen molar-refractivity contribution in [3.8, 4) is 0 Å². The Balaban J connectivity index is 1.61. The summed E-state index contributed by atoms with van der Waals surface area (Å²) < 4.78 is 10.6. The van der Waals surface area contributed by atoms with Crippen molar-refractivity contribution in [2.45, 2.75) is 46.1 Å². The molecule has 3 aliphatic heterocycles. The molecule has 0 unspecified atom stereocenters. The highest BCUT2D eigenvalue weighted by Crippen LogP contribution is 2.45. The number of fused-ring (bicyclic) bond motifs is 1. The molecule has 8 nitrogen and oxygen atoms in total. The fourth-order valence-corrected chi connectivity index (χ4v) is 5.92. The number of nitrogens with zero attached hydrogens (tertiary/aromatic N) is 3. The summed E-state index contributed by atoms with van der Waals surface area (Å²) in [6.45, 7) is 10.6. The number of carbonyl (C=O) groups excluding carboxylic acids is 3. The van der Waals surface area contributed by atoms with Gasteiger partial charge in [0.25, 0.3) is 0 Å². The van der Waals surface area contributed by atoms with E-state index in [1.54, 1.807) is 11.8 Å². The number of hydrogen-bond donors (Lipinski definition) is 0. The van der Waals surface area contributed by atoms with Gasteiger partial charge in [-0.05, 0) is 50.1 Å². The monoisotopic (exact) mass is 523 g/mol. The van der Waals surface area contributed by atoms with Crippen molar-refractivity contribution in [3.63, 3.8) is 0 Å². The number of rotatable bonds is 8. The highest BCUT2D eigenvalue weighted by Gasteiger charge is 2.42. The summed E-state index contributed by atoms with van der Waals surface area (Å²) in [4.78, 5) is 47.4. The Kier molecular flexibility index (Phi) is 8.53. The molecule has 2 atom stereocenters. The van der Waals surface area contributed by atoms with E-state index in [0.717, 1.165) is 34.8 Å². The number of likely N-dealkylation sites (tertiary alicyclic amines) is 1. The first kappa shape index (κ1) is 26.7. The molecule has 3 aliphatic rings. The van der Waals surface area contributed by atoms with Crippen LogP contribution in [-0.4, -0.2) is 59.1 Å². The van der Waals surface area contributed by atoms with E-state index in [1.165, 1.54) is 17.8 Å². The second kappa shape index (κ2) is 11.8. The largest absolute Gasteiger partial charge is 0.466 e. The van der Waals surface area contributed by atoms with Gasteiger partial charge in [0.2, 0.25) is 5.91 Å². The summed E-state index contributed by atoms with van der Waals surface area (Å²) in [5.74, 6) is -1.06. The van der Waals surface area contributed by atoms with Crippen LogP contribution < -0.4 is 0 Å². The second-order valence-corrected chi connectivity index (χ2v) is 10.1. The molecular weight excluding hydrogens is 490 g/mol. The van der Waals surface area contributed by atoms with Crippen molar-refractivity contribution in [3.05, 3.63) is 70.4 Å². The fourth-order valence-electron chi connectivity index (χ4n) is 4.95. The van der Waals surface area contributed by atoms with Crippen LogP contribution in [0.1, 0.15) is 50.3 Å². The third kappa shape index (κ3) is 5.66. The molecule has 1 amide bonds. The van der Waals surface area contributed by atoms with Crippen LogP contribution >= 0.6 is 11.8 Å². The van der Waals surface area contributed by atoms with Gasteiger partial charge in [0.15, 0.2) is 5.17 Å². The third-order valence-electron chi connectivity index (χ3n) is 6.76. The minimum Gasteiger partial charge on any atom is -0.466 e. The zero-order valence-electron chi connectivity index (χ0n) is 21.6. The van der Waals surface area contributed by atoms with Gasteiger partial charge in [-0.25, -0.2) is 9.79 Å². The number of hydrogen-bond acceptors (Lipinski definition) is 8. The number of amidine groups is 1. The molecule has 0 aliphatic carbocycles. The van der Waals surface area contributed by atoms with E-state index in [2.05, 4.69) is 6.58 Å². The van der Waals surface area contributed by atoms with E-state index in [9.17, 15) is 14.4 Å². The number of aliphatic imine (C=N–C) groups is 1. The van der Waals surface area contributed by atoms with Gasteiger partial charge in [-0.15, -0.1) is 0 Å². The Morgan fingerprint density at radius 1 is 1.22 bits per heavy atom. The smallest absolute Gasteiger partial charge is 0.338 e. The lowest BCUT2D eigenvalue weighted by atomic mass is 9.91. The number of ether oxygens (including phenoxy) is 2. The Bertz CT molecular complexity index is 1190. The molecule has 4 rings (SSSR count). The lowest BCUT2D eigenvalue weighted by Crippen LogP contribution is -2.44. The standard InChI is InChI=1S/C28H33N3O5S/c1-5-14-36-27(34)24-19(4)29-28-31(25(24)22-12-8-7-10-18(22)3)21(17-37-28)15-23(32)30-13-9-11-20(16-30)26(33)35-6-2/h5,7-8,10,12,17,20,25H,1,6,9,11,13-16H2,2-4H3/t20-,25-/m0/s1. The molecule has 0 bridgehead atoms. The lowest BCUT2D eigenvalue weighted by Gasteiger charge is -2.38. The number of aryl methyl sites for hydroxylation is 1. The predicted octanol–water partition coefficient (Wildman–Crippen LogP) is 4.49. The molecule has 0 aromatic heterocycles. The maximum absolute atomic E-state index is 13.4. The first-order valence-corrected chi connectivity index (χ1v) is 13.5. The topological polar surface area (TPSA) is 88.5 Å². The molecule has 9 heteroatoms. The number of amides is 1. The van der Waals surface area contributed by atoms with E-state index in [4.69, 9.17) is 14.5 Å². The zero-order valence-corrected chi connectivity index (χ0v) is 22.4. The number of thioether (sulfide) groups is 1. The van der Waals surface area contributed by atoms with Crippen molar-refractivity contribution in [1.29, 1.82) is 0 Å². The van der Waals surface area contributed by atoms with Gasteiger partial charge in [0.05, 0.1) is 36.3 Å². The average molecular weight is 524 g/mol. The highest BCUT2D eigenvalue weighted by atomic mass is 32.2. The lowest BCUT2D eigenvalue weighted by molar-refractivity contribution is -0.151. The van der Waals surface area contributed by atoms with Gasteiger partial charge in [-0.3, -0.25) is 9.59 Å². The van der Waals surface area contributed by atoms with Gasteiger partial charge < -0.3 is 19.3 Å². The summed E-state index contributed by atoms with van der Waals surface area (Å²) in [5.41, 5.74) is 3.77. The molecule has 1 saturated heterocycles. The summed E-state index contributed by atoms with van der Waals surface area (Å²) in [5, 5.41) is 2.65. The van der Waals surface area contributed by atoms with Crippen molar-refractivity contribution >= 4 is 34.8 Å². The van der Waals surface area contributed by atoms with Crippen molar-refractivity contribution in [2.24, 2.45) is 10.9 Å². The summed E-state index contributed by atoms with van der Waals surface area (Å²) in [6, 6.07) is 7.42. The van der Waals surface area contributed by atoms with Crippen LogP contribution in [0.3, 0.4) is 0 Å². The molecular formula is C28H33N3O5S. The number of allylic oxidation sites excluding steroid dienone is 1. The molecule has 1 fully saturated rings. The van der Waals surface area contributed by atoms with Crippen molar-refractivity contribution < 1.29 is 23.9 Å². The molecule has 1 aromatic carbocycles. The normalized spacial score (nSPS) is 21.2. The van der Waals surface area contributed by atoms with Crippen LogP contribution in [0, 0.1) is 12.8 Å². The van der Waals surface area contributed by atoms with E-state index < -0.39 is 12.0 Å². The second-order valence-electron chi connectivity index (χ2n) is 9.24. The molecule has 37 heavy (non-hydrogen) atoms. The van der Waals surface area contributed by atoms with Gasteiger partial charge in [-0.1, -0.05) is 48.7 Å². The molecule has 196 valence electrons. The van der Waals surface area contributed by atoms with Crippen molar-refractivity contribution in [1.82, 2.24) is 9.80 Å². The van der Waals surface area contributed by atoms with Gasteiger partial charge in [0, 0.05) is 18.8 Å². The van der Waals surface area contributed by atoms with Crippen LogP contribution in [-0.2, 0) is 23.9 Å². The molecule has 0 N–H and O–H groups in total. The average Bonchev–Trinajstić information content (AvgIpc) is 3.28. The van der Waals surface area contributed by atoms with E-state index in [0.29, 0.717) is 31.0 Å². The quantitative estimate of drug-likeness (QED) is 0.366. The zero-order chi connectivity index (χ0) is 26.5. The van der Waals surface area contributed by atoms with Crippen LogP contribution in [0.5, 0.6) is 0 Å². The SMILES string of the molecule is C=CCOC(=O)C1=C(C)N=C2SC=C(CC(=O)N3CCC[C@H](C(=O)OCC)C3)N2[C@H]1c1ccccc1C. The minimum absolute atomic E-state index is 0.0623. The van der Waals surface area contributed by atoms with Crippen LogP contribution in [0.4, 0.5) is 0 Å². The number of benzene rings is 1. The molecule has 0 saturated carbocycles. The van der Waals surface area contributed by atoms with Crippen molar-refractivity contribution in [2.75, 3.05) is 26.3 Å². The predicted molar refractivity (Wildman–Crippen MR) is 143 cm³/mol. The Labute approximate surface area is 222 Å². The number of esters is 2. The van der Waals surface area contributed by atoms with Gasteiger partial charge in [0.1, 0.15) is 6.61 Å². The summed E-state index contributed by atoms with van der Waals surface area (Å²) >= 11 is 1.44. The third-order valence-corrected chi connectivity index (χ3v) is 7.65. The highest BCUT2D eigenvalue weighted by molar-refractivity contribution is 8.16. The number of carbonyl (C=O) groups is 3. The van der Waals surface area contributed by atoms with E-state index in [1.807, 2.05) is 48.4 Å². The maximum atomic E-state index is 13.4. The van der Waals surface area contributed by atoms with Gasteiger partial charge in [-0.2, -0.15) is 0 Å². The summed E-state index contributed by atoms with van der Waals surface area (Å²) in [6.07, 6.45) is 3.15. The van der Waals surface area contributed by atoms with Gasteiger partial charge >= 0.3 is 11.9 Å². The summed E-state index contributed by atoms with van der Waals surface area (Å²) in [7, 11) is 0. The molecule has 1 aromatic rings. The van der Waals surface area contributed by atoms with Crippen LogP contribution in [0.2, 0.25) is 0 Å². The Morgan fingerprint density at radius 3 is 2.73 bits per heavy atom. The van der Waals surface area contributed by atoms with Crippen LogP contribution in [0.15, 0.2) is 64.3 Å². The molecule has 0 radical (unpaired) electrons. The first-order valence-electron chi connectivity index (χ1n) is 12.6. The van der Waals surface area contributed by atoms with E-state index >= 15 is 0 Å². The maximum Gasteiger partial charge on any atom is 0.338 e. The van der Waals surface area contributed by atoms with Crippen LogP contribution in [0.25, 0.3) is 0 Å². The van der Waals surface area contributed by atoms with E-state index in [-0.39, 0.29) is 30.8 Å². The Hall–Kier alpha value is -3.33. The molecule has 0 spiro atoms. The fraction of sp³-hybridized carbons (Fsp3) is 0.429. The minimum atomic E-state index is -0.478. The molecule has 3 heterocycles. The number of piperidine rings is 1. The Morgan fingerprint density at radius 2 is 2.00 bits per heavy atom. The first-order chi connectivity index (χ1) is 17.8.